The van der Waals surface area contributed by atoms with Gasteiger partial charge in [0.05, 0.1) is 0 Å². The monoisotopic (exact) mass is 486 g/mol. The maximum absolute atomic E-state index is 10.3. The van der Waals surface area contributed by atoms with E-state index in [1.54, 1.807) is 0 Å². The average molecular weight is 487 g/mol. The van der Waals surface area contributed by atoms with Crippen LogP contribution in [-0.2, 0) is 6.54 Å². The molecule has 0 spiro atoms. The number of likely N-dealkylation sites (tertiary alicyclic amines) is 1. The second-order valence-corrected chi connectivity index (χ2v) is 8.43. The van der Waals surface area contributed by atoms with E-state index in [1.807, 2.05) is 24.8 Å². The molecular weight excluding hydrogens is 451 g/mol. The first-order chi connectivity index (χ1) is 14.8. The molecule has 1 aromatic carbocycles. The lowest BCUT2D eigenvalue weighted by Crippen LogP contribution is -2.37. The quantitative estimate of drug-likeness (QED) is 0.590. The van der Waals surface area contributed by atoms with Gasteiger partial charge >= 0.3 is 0 Å². The summed E-state index contributed by atoms with van der Waals surface area (Å²) in [5.74, 6) is 0.821. The number of piperidine rings is 1. The molecule has 2 fully saturated rings. The normalized spacial score (nSPS) is 19.4. The van der Waals surface area contributed by atoms with Crippen molar-refractivity contribution >= 4 is 24.8 Å². The van der Waals surface area contributed by atoms with Crippen LogP contribution in [0.2, 0.25) is 0 Å². The third kappa shape index (κ3) is 8.17. The van der Waals surface area contributed by atoms with Gasteiger partial charge in [-0.2, -0.15) is 0 Å². The summed E-state index contributed by atoms with van der Waals surface area (Å²) in [5.41, 5.74) is 1.29. The third-order valence-corrected chi connectivity index (χ3v) is 6.09. The van der Waals surface area contributed by atoms with Gasteiger partial charge < -0.3 is 19.7 Å². The summed E-state index contributed by atoms with van der Waals surface area (Å²) in [7, 11) is 0. The Morgan fingerprint density at radius 2 is 1.69 bits per heavy atom. The number of ether oxygens (including phenoxy) is 1. The van der Waals surface area contributed by atoms with Gasteiger partial charge in [-0.25, -0.2) is 0 Å². The number of aromatic nitrogens is 3. The SMILES string of the molecule is Cl.Cl.OC(COc1ccc(CN2CCC(n3cnnc3)CC2)cc1)CN1CCCNCC1. The second-order valence-electron chi connectivity index (χ2n) is 8.43. The Kier molecular flexibility index (Phi) is 11.7. The number of aliphatic hydroxyl groups is 1. The zero-order valence-corrected chi connectivity index (χ0v) is 20.1. The molecular formula is C22H36Cl2N6O2. The molecule has 8 nitrogen and oxygen atoms in total. The first-order valence-corrected chi connectivity index (χ1v) is 11.2. The molecule has 1 atom stereocenters. The van der Waals surface area contributed by atoms with Gasteiger partial charge in [0.2, 0.25) is 0 Å². The zero-order valence-electron chi connectivity index (χ0n) is 18.5. The summed E-state index contributed by atoms with van der Waals surface area (Å²) in [5, 5.41) is 21.5. The summed E-state index contributed by atoms with van der Waals surface area (Å²) < 4.78 is 7.95. The molecule has 180 valence electrons. The Hall–Kier alpha value is -1.42. The molecule has 0 aliphatic carbocycles. The lowest BCUT2D eigenvalue weighted by Gasteiger charge is -2.32. The van der Waals surface area contributed by atoms with Crippen molar-refractivity contribution in [3.63, 3.8) is 0 Å². The molecule has 10 heteroatoms. The minimum atomic E-state index is -0.463. The zero-order chi connectivity index (χ0) is 20.6. The number of benzene rings is 1. The lowest BCUT2D eigenvalue weighted by atomic mass is 10.0. The van der Waals surface area contributed by atoms with Crippen molar-refractivity contribution in [3.05, 3.63) is 42.5 Å². The van der Waals surface area contributed by atoms with Crippen molar-refractivity contribution in [2.75, 3.05) is 52.4 Å². The van der Waals surface area contributed by atoms with Crippen LogP contribution in [0.3, 0.4) is 0 Å². The molecule has 2 aliphatic heterocycles. The lowest BCUT2D eigenvalue weighted by molar-refractivity contribution is 0.0703. The van der Waals surface area contributed by atoms with E-state index in [4.69, 9.17) is 4.74 Å². The fraction of sp³-hybridized carbons (Fsp3) is 0.636. The first-order valence-electron chi connectivity index (χ1n) is 11.2. The summed E-state index contributed by atoms with van der Waals surface area (Å²) in [6, 6.07) is 8.81. The van der Waals surface area contributed by atoms with Gasteiger partial charge in [0, 0.05) is 45.3 Å². The number of rotatable bonds is 8. The molecule has 1 unspecified atom stereocenters. The van der Waals surface area contributed by atoms with E-state index >= 15 is 0 Å². The second kappa shape index (κ2) is 14.0. The van der Waals surface area contributed by atoms with Crippen molar-refractivity contribution in [3.8, 4) is 5.75 Å². The van der Waals surface area contributed by atoms with Gasteiger partial charge in [-0.05, 0) is 50.0 Å². The van der Waals surface area contributed by atoms with E-state index in [0.29, 0.717) is 19.2 Å². The van der Waals surface area contributed by atoms with E-state index in [9.17, 15) is 5.11 Å². The van der Waals surface area contributed by atoms with E-state index < -0.39 is 6.10 Å². The fourth-order valence-electron chi connectivity index (χ4n) is 4.35. The third-order valence-electron chi connectivity index (χ3n) is 6.09. The van der Waals surface area contributed by atoms with Crippen LogP contribution in [0.5, 0.6) is 5.75 Å². The number of nitrogens with one attached hydrogen (secondary N) is 1. The van der Waals surface area contributed by atoms with Crippen LogP contribution in [0.25, 0.3) is 0 Å². The topological polar surface area (TPSA) is 78.7 Å². The maximum atomic E-state index is 10.3. The molecule has 2 aromatic rings. The predicted molar refractivity (Wildman–Crippen MR) is 130 cm³/mol. The molecule has 2 aliphatic rings. The summed E-state index contributed by atoms with van der Waals surface area (Å²) in [4.78, 5) is 4.81. The maximum Gasteiger partial charge on any atom is 0.119 e. The number of aliphatic hydroxyl groups excluding tert-OH is 1. The van der Waals surface area contributed by atoms with Gasteiger partial charge in [-0.1, -0.05) is 12.1 Å². The van der Waals surface area contributed by atoms with Crippen LogP contribution >= 0.6 is 24.8 Å². The Morgan fingerprint density at radius 3 is 2.41 bits per heavy atom. The van der Waals surface area contributed by atoms with Gasteiger partial charge in [-0.3, -0.25) is 9.80 Å². The molecule has 1 aromatic heterocycles. The number of nitrogens with zero attached hydrogens (tertiary/aromatic N) is 5. The van der Waals surface area contributed by atoms with E-state index in [2.05, 4.69) is 42.0 Å². The summed E-state index contributed by atoms with van der Waals surface area (Å²) in [6.45, 7) is 8.21. The van der Waals surface area contributed by atoms with Crippen LogP contribution in [0.15, 0.2) is 36.9 Å². The highest BCUT2D eigenvalue weighted by molar-refractivity contribution is 5.85. The highest BCUT2D eigenvalue weighted by atomic mass is 35.5. The highest BCUT2D eigenvalue weighted by Gasteiger charge is 2.20. The molecule has 3 heterocycles. The molecule has 0 amide bonds. The summed E-state index contributed by atoms with van der Waals surface area (Å²) in [6.07, 6.45) is 6.57. The molecule has 0 saturated carbocycles. The number of β-amino-alcohol motifs (C(OH)–C–C–N with tert-alkyl or cyclic N) is 1. The van der Waals surface area contributed by atoms with Crippen molar-refractivity contribution in [2.45, 2.75) is 38.0 Å². The molecule has 0 radical (unpaired) electrons. The highest BCUT2D eigenvalue weighted by Crippen LogP contribution is 2.23. The van der Waals surface area contributed by atoms with Crippen LogP contribution < -0.4 is 10.1 Å². The van der Waals surface area contributed by atoms with Crippen molar-refractivity contribution < 1.29 is 9.84 Å². The fourth-order valence-corrected chi connectivity index (χ4v) is 4.35. The van der Waals surface area contributed by atoms with Crippen LogP contribution in [0, 0.1) is 0 Å². The van der Waals surface area contributed by atoms with E-state index in [1.165, 1.54) is 5.56 Å². The van der Waals surface area contributed by atoms with Crippen molar-refractivity contribution in [1.29, 1.82) is 0 Å². The smallest absolute Gasteiger partial charge is 0.119 e. The molecule has 32 heavy (non-hydrogen) atoms. The minimum absolute atomic E-state index is 0. The van der Waals surface area contributed by atoms with Crippen molar-refractivity contribution in [2.24, 2.45) is 0 Å². The Morgan fingerprint density at radius 1 is 0.969 bits per heavy atom. The Labute approximate surface area is 203 Å². The van der Waals surface area contributed by atoms with Gasteiger partial charge in [0.15, 0.2) is 0 Å². The van der Waals surface area contributed by atoms with E-state index in [-0.39, 0.29) is 24.8 Å². The minimum Gasteiger partial charge on any atom is -0.491 e. The van der Waals surface area contributed by atoms with Crippen LogP contribution in [0.1, 0.15) is 30.9 Å². The molecule has 4 rings (SSSR count). The molecule has 2 N–H and O–H groups in total. The number of hydrogen-bond donors (Lipinski definition) is 2. The standard InChI is InChI=1S/C22H34N6O2.2ClH/c29-21(15-26-10-1-8-23-9-13-26)16-30-22-4-2-19(3-5-22)14-27-11-6-20(7-12-27)28-17-24-25-18-28;;/h2-5,17-18,20-21,23,29H,1,6-16H2;2*1H. The van der Waals surface area contributed by atoms with Crippen LogP contribution in [-0.4, -0.2) is 88.2 Å². The van der Waals surface area contributed by atoms with Gasteiger partial charge in [-0.15, -0.1) is 35.0 Å². The number of hydrogen-bond acceptors (Lipinski definition) is 7. The number of halogens is 2. The largest absolute Gasteiger partial charge is 0.491 e. The average Bonchev–Trinajstić information content (AvgIpc) is 3.19. The van der Waals surface area contributed by atoms with E-state index in [0.717, 1.165) is 70.8 Å². The van der Waals surface area contributed by atoms with Gasteiger partial charge in [0.25, 0.3) is 0 Å². The molecule has 2 saturated heterocycles. The van der Waals surface area contributed by atoms with Crippen molar-refractivity contribution in [1.82, 2.24) is 29.9 Å². The predicted octanol–water partition coefficient (Wildman–Crippen LogP) is 1.99. The first kappa shape index (κ1) is 26.8. The van der Waals surface area contributed by atoms with Crippen LogP contribution in [0.4, 0.5) is 0 Å². The summed E-state index contributed by atoms with van der Waals surface area (Å²) >= 11 is 0. The van der Waals surface area contributed by atoms with Gasteiger partial charge in [0.1, 0.15) is 31.1 Å². The Bertz CT molecular complexity index is 733. The Balaban J connectivity index is 0.00000181. The molecule has 0 bridgehead atoms.